The average Bonchev–Trinajstić information content (AvgIpc) is 2.82. The molecular weight excluding hydrogens is 408 g/mol. The van der Waals surface area contributed by atoms with Crippen molar-refractivity contribution >= 4 is 5.91 Å². The van der Waals surface area contributed by atoms with Crippen LogP contribution >= 0.6 is 0 Å². The molecule has 0 radical (unpaired) electrons. The Balaban J connectivity index is 1.78. The Morgan fingerprint density at radius 3 is 2.19 bits per heavy atom. The molecule has 1 N–H and O–H groups in total. The van der Waals surface area contributed by atoms with Gasteiger partial charge >= 0.3 is 0 Å². The second-order valence-electron chi connectivity index (χ2n) is 7.21. The maximum Gasteiger partial charge on any atom is 0.251 e. The van der Waals surface area contributed by atoms with Crippen LogP contribution in [0, 0.1) is 13.8 Å². The summed E-state index contributed by atoms with van der Waals surface area (Å²) in [5.74, 6) is 1.76. The Labute approximate surface area is 188 Å². The molecule has 32 heavy (non-hydrogen) atoms. The van der Waals surface area contributed by atoms with Crippen LogP contribution in [0.25, 0.3) is 0 Å². The lowest BCUT2D eigenvalue weighted by molar-refractivity contribution is 0.0949. The number of methoxy groups -OCH3 is 3. The van der Waals surface area contributed by atoms with Crippen molar-refractivity contribution in [2.24, 2.45) is 0 Å². The zero-order chi connectivity index (χ0) is 23.1. The summed E-state index contributed by atoms with van der Waals surface area (Å²) in [6.45, 7) is 4.46. The minimum atomic E-state index is -0.281. The van der Waals surface area contributed by atoms with E-state index in [-0.39, 0.29) is 12.5 Å². The first kappa shape index (κ1) is 22.9. The van der Waals surface area contributed by atoms with Crippen LogP contribution in [0.1, 0.15) is 32.7 Å². The number of ether oxygens (including phenoxy) is 4. The van der Waals surface area contributed by atoms with Crippen LogP contribution in [0.2, 0.25) is 0 Å². The molecule has 7 nitrogen and oxygen atoms in total. The van der Waals surface area contributed by atoms with E-state index in [0.29, 0.717) is 29.4 Å². The first-order valence-electron chi connectivity index (χ1n) is 10.2. The van der Waals surface area contributed by atoms with E-state index in [9.17, 15) is 4.79 Å². The molecule has 0 spiro atoms. The summed E-state index contributed by atoms with van der Waals surface area (Å²) in [6.07, 6.45) is 1.73. The lowest BCUT2D eigenvalue weighted by Gasteiger charge is -2.16. The third kappa shape index (κ3) is 5.11. The highest BCUT2D eigenvalue weighted by Crippen LogP contribution is 2.39. The van der Waals surface area contributed by atoms with E-state index in [4.69, 9.17) is 18.9 Å². The molecule has 3 rings (SSSR count). The van der Waals surface area contributed by atoms with E-state index in [0.717, 1.165) is 28.1 Å². The number of nitrogens with zero attached hydrogens (tertiary/aromatic N) is 1. The zero-order valence-electron chi connectivity index (χ0n) is 19.0. The maximum absolute atomic E-state index is 12.9. The fourth-order valence-corrected chi connectivity index (χ4v) is 3.40. The molecule has 1 heterocycles. The molecule has 0 aliphatic heterocycles. The summed E-state index contributed by atoms with van der Waals surface area (Å²) in [5, 5.41) is 2.90. The van der Waals surface area contributed by atoms with Gasteiger partial charge in [-0.25, -0.2) is 0 Å². The molecule has 0 saturated carbocycles. The number of hydrogen-bond acceptors (Lipinski definition) is 6. The van der Waals surface area contributed by atoms with Gasteiger partial charge < -0.3 is 24.3 Å². The molecule has 1 amide bonds. The number of aryl methyl sites for hydroxylation is 1. The number of pyridine rings is 1. The fraction of sp³-hybridized carbons (Fsp3) is 0.280. The van der Waals surface area contributed by atoms with Gasteiger partial charge in [0.1, 0.15) is 12.4 Å². The number of carbonyl (C=O) groups excluding carboxylic acids is 1. The molecule has 7 heteroatoms. The van der Waals surface area contributed by atoms with Crippen molar-refractivity contribution in [3.05, 3.63) is 76.6 Å². The van der Waals surface area contributed by atoms with Gasteiger partial charge in [0.15, 0.2) is 11.5 Å². The molecule has 0 bridgehead atoms. The first-order chi connectivity index (χ1) is 15.5. The summed E-state index contributed by atoms with van der Waals surface area (Å²) < 4.78 is 22.3. The second-order valence-corrected chi connectivity index (χ2v) is 7.21. The van der Waals surface area contributed by atoms with Gasteiger partial charge in [0.2, 0.25) is 5.75 Å². The van der Waals surface area contributed by atoms with E-state index in [1.165, 1.54) is 14.2 Å². The van der Waals surface area contributed by atoms with Crippen LogP contribution in [-0.2, 0) is 13.2 Å². The van der Waals surface area contributed by atoms with E-state index < -0.39 is 0 Å². The summed E-state index contributed by atoms with van der Waals surface area (Å²) in [6, 6.07) is 13.0. The lowest BCUT2D eigenvalue weighted by Crippen LogP contribution is -2.24. The van der Waals surface area contributed by atoms with E-state index in [2.05, 4.69) is 10.3 Å². The van der Waals surface area contributed by atoms with Crippen molar-refractivity contribution in [2.75, 3.05) is 21.3 Å². The fourth-order valence-electron chi connectivity index (χ4n) is 3.40. The standard InChI is InChI=1S/C25H28N2O5/c1-16-13-26-20(17(2)23(16)31-5)14-27-25(28)19-11-21(29-3)24(22(12-19)30-4)32-15-18-9-7-6-8-10-18/h6-13H,14-15H2,1-5H3,(H,27,28). The smallest absolute Gasteiger partial charge is 0.251 e. The Hall–Kier alpha value is -3.74. The van der Waals surface area contributed by atoms with Crippen molar-refractivity contribution in [1.29, 1.82) is 0 Å². The van der Waals surface area contributed by atoms with Crippen molar-refractivity contribution in [3.63, 3.8) is 0 Å². The van der Waals surface area contributed by atoms with Crippen molar-refractivity contribution < 1.29 is 23.7 Å². The maximum atomic E-state index is 12.9. The van der Waals surface area contributed by atoms with Gasteiger partial charge in [-0.15, -0.1) is 0 Å². The van der Waals surface area contributed by atoms with Gasteiger partial charge in [0.05, 0.1) is 33.6 Å². The van der Waals surface area contributed by atoms with Gasteiger partial charge in [-0.3, -0.25) is 9.78 Å². The monoisotopic (exact) mass is 436 g/mol. The average molecular weight is 437 g/mol. The van der Waals surface area contributed by atoms with Gasteiger partial charge in [-0.2, -0.15) is 0 Å². The summed E-state index contributed by atoms with van der Waals surface area (Å²) in [4.78, 5) is 17.3. The quantitative estimate of drug-likeness (QED) is 0.541. The largest absolute Gasteiger partial charge is 0.496 e. The van der Waals surface area contributed by atoms with Crippen molar-refractivity contribution in [2.45, 2.75) is 27.0 Å². The van der Waals surface area contributed by atoms with Gasteiger partial charge in [0, 0.05) is 22.9 Å². The third-order valence-electron chi connectivity index (χ3n) is 5.11. The predicted molar refractivity (Wildman–Crippen MR) is 122 cm³/mol. The third-order valence-corrected chi connectivity index (χ3v) is 5.11. The van der Waals surface area contributed by atoms with Gasteiger partial charge in [-0.05, 0) is 31.5 Å². The number of amides is 1. The Bertz CT molecular complexity index is 1060. The number of carbonyl (C=O) groups is 1. The molecule has 0 unspecified atom stereocenters. The molecular formula is C25H28N2O5. The van der Waals surface area contributed by atoms with Crippen LogP contribution in [0.15, 0.2) is 48.7 Å². The van der Waals surface area contributed by atoms with Crippen molar-refractivity contribution in [1.82, 2.24) is 10.3 Å². The van der Waals surface area contributed by atoms with E-state index in [1.54, 1.807) is 25.4 Å². The van der Waals surface area contributed by atoms with Crippen molar-refractivity contribution in [3.8, 4) is 23.0 Å². The Morgan fingerprint density at radius 2 is 1.59 bits per heavy atom. The van der Waals surface area contributed by atoms with Gasteiger partial charge in [-0.1, -0.05) is 30.3 Å². The molecule has 2 aromatic carbocycles. The molecule has 0 aliphatic rings. The zero-order valence-corrected chi connectivity index (χ0v) is 19.0. The minimum absolute atomic E-state index is 0.262. The predicted octanol–water partition coefficient (Wildman–Crippen LogP) is 4.23. The van der Waals surface area contributed by atoms with Crippen LogP contribution in [0.5, 0.6) is 23.0 Å². The van der Waals surface area contributed by atoms with Crippen LogP contribution in [-0.4, -0.2) is 32.2 Å². The van der Waals surface area contributed by atoms with E-state index >= 15 is 0 Å². The number of hydrogen-bond donors (Lipinski definition) is 1. The molecule has 168 valence electrons. The van der Waals surface area contributed by atoms with Crippen LogP contribution < -0.4 is 24.3 Å². The first-order valence-corrected chi connectivity index (χ1v) is 10.2. The summed E-state index contributed by atoms with van der Waals surface area (Å²) in [7, 11) is 4.67. The molecule has 0 aliphatic carbocycles. The molecule has 3 aromatic rings. The summed E-state index contributed by atoms with van der Waals surface area (Å²) in [5.41, 5.74) is 3.98. The highest BCUT2D eigenvalue weighted by molar-refractivity contribution is 5.95. The Kier molecular flexibility index (Phi) is 7.54. The van der Waals surface area contributed by atoms with Crippen LogP contribution in [0.4, 0.5) is 0 Å². The SMILES string of the molecule is COc1cc(C(=O)NCc2ncc(C)c(OC)c2C)cc(OC)c1OCc1ccccc1. The highest BCUT2D eigenvalue weighted by atomic mass is 16.5. The number of benzene rings is 2. The molecule has 0 fully saturated rings. The molecule has 0 saturated heterocycles. The normalized spacial score (nSPS) is 10.4. The topological polar surface area (TPSA) is 78.9 Å². The highest BCUT2D eigenvalue weighted by Gasteiger charge is 2.18. The van der Waals surface area contributed by atoms with Gasteiger partial charge in [0.25, 0.3) is 5.91 Å². The number of aromatic nitrogens is 1. The molecule has 1 aromatic heterocycles. The Morgan fingerprint density at radius 1 is 0.938 bits per heavy atom. The molecule has 0 atom stereocenters. The second kappa shape index (κ2) is 10.5. The summed E-state index contributed by atoms with van der Waals surface area (Å²) >= 11 is 0. The van der Waals surface area contributed by atoms with E-state index in [1.807, 2.05) is 44.2 Å². The van der Waals surface area contributed by atoms with Crippen LogP contribution in [0.3, 0.4) is 0 Å². The minimum Gasteiger partial charge on any atom is -0.496 e. The lowest BCUT2D eigenvalue weighted by atomic mass is 10.1. The number of nitrogens with one attached hydrogen (secondary N) is 1. The number of rotatable bonds is 9.